The van der Waals surface area contributed by atoms with E-state index in [0.29, 0.717) is 19.8 Å². The zero-order valence-electron chi connectivity index (χ0n) is 11.6. The Morgan fingerprint density at radius 1 is 1.35 bits per heavy atom. The third kappa shape index (κ3) is 4.15. The lowest BCUT2D eigenvalue weighted by atomic mass is 10.2. The molecule has 1 aromatic carbocycles. The van der Waals surface area contributed by atoms with Gasteiger partial charge in [-0.1, -0.05) is 6.92 Å². The molecule has 114 valence electrons. The molecule has 1 aromatic rings. The lowest BCUT2D eigenvalue weighted by Crippen LogP contribution is -2.34. The van der Waals surface area contributed by atoms with Crippen molar-refractivity contribution in [3.8, 4) is 0 Å². The predicted octanol–water partition coefficient (Wildman–Crippen LogP) is 2.61. The van der Waals surface area contributed by atoms with Crippen LogP contribution in [0.3, 0.4) is 0 Å². The van der Waals surface area contributed by atoms with Gasteiger partial charge in [-0.2, -0.15) is 4.31 Å². The van der Waals surface area contributed by atoms with Crippen molar-refractivity contribution < 1.29 is 17.5 Å². The van der Waals surface area contributed by atoms with E-state index >= 15 is 0 Å². The number of halogens is 2. The monoisotopic (exact) mass is 323 g/mol. The fourth-order valence-electron chi connectivity index (χ4n) is 1.72. The molecule has 20 heavy (non-hydrogen) atoms. The van der Waals surface area contributed by atoms with Gasteiger partial charge in [-0.25, -0.2) is 12.8 Å². The Bertz CT molecular complexity index is 536. The number of ether oxygens (including phenoxy) is 1. The molecule has 0 amide bonds. The summed E-state index contributed by atoms with van der Waals surface area (Å²) >= 11 is 5.60. The van der Waals surface area contributed by atoms with Crippen LogP contribution >= 0.6 is 11.6 Å². The summed E-state index contributed by atoms with van der Waals surface area (Å²) < 4.78 is 44.7. The van der Waals surface area contributed by atoms with Crippen molar-refractivity contribution in [1.29, 1.82) is 0 Å². The number of alkyl halides is 1. The second-order valence-corrected chi connectivity index (χ2v) is 6.29. The van der Waals surface area contributed by atoms with E-state index in [2.05, 4.69) is 0 Å². The van der Waals surface area contributed by atoms with E-state index in [4.69, 9.17) is 16.3 Å². The molecule has 0 unspecified atom stereocenters. The number of benzene rings is 1. The highest BCUT2D eigenvalue weighted by Gasteiger charge is 2.23. The maximum atomic E-state index is 13.4. The third-order valence-corrected chi connectivity index (χ3v) is 5.10. The Morgan fingerprint density at radius 2 is 2.05 bits per heavy atom. The molecule has 4 nitrogen and oxygen atoms in total. The standard InChI is InChI=1S/C13H19ClFNO3S/c1-3-16(7-8-19-4-2)20(17,18)12-5-6-13(15)11(9-12)10-14/h5-6,9H,3-4,7-8,10H2,1-2H3. The van der Waals surface area contributed by atoms with E-state index in [-0.39, 0.29) is 22.9 Å². The Balaban J connectivity index is 3.01. The highest BCUT2D eigenvalue weighted by molar-refractivity contribution is 7.89. The second-order valence-electron chi connectivity index (χ2n) is 4.08. The van der Waals surface area contributed by atoms with Gasteiger partial charge >= 0.3 is 0 Å². The van der Waals surface area contributed by atoms with Gasteiger partial charge in [0.25, 0.3) is 0 Å². The van der Waals surface area contributed by atoms with E-state index in [1.54, 1.807) is 6.92 Å². The van der Waals surface area contributed by atoms with Crippen LogP contribution in [0, 0.1) is 5.82 Å². The number of hydrogen-bond acceptors (Lipinski definition) is 3. The summed E-state index contributed by atoms with van der Waals surface area (Å²) in [6, 6.07) is 3.66. The summed E-state index contributed by atoms with van der Waals surface area (Å²) in [4.78, 5) is 0.0490. The van der Waals surface area contributed by atoms with Crippen molar-refractivity contribution >= 4 is 21.6 Å². The lowest BCUT2D eigenvalue weighted by molar-refractivity contribution is 0.135. The smallest absolute Gasteiger partial charge is 0.243 e. The number of nitrogens with zero attached hydrogens (tertiary/aromatic N) is 1. The average Bonchev–Trinajstić information content (AvgIpc) is 2.43. The van der Waals surface area contributed by atoms with Gasteiger partial charge in [0.15, 0.2) is 0 Å². The normalized spacial score (nSPS) is 12.1. The molecule has 0 bridgehead atoms. The SMILES string of the molecule is CCOCCN(CC)S(=O)(=O)c1ccc(F)c(CCl)c1. The first kappa shape index (κ1) is 17.4. The first-order chi connectivity index (χ1) is 9.47. The third-order valence-electron chi connectivity index (χ3n) is 2.84. The van der Waals surface area contributed by atoms with E-state index < -0.39 is 15.8 Å². The molecule has 0 aliphatic rings. The molecule has 0 saturated carbocycles. The van der Waals surface area contributed by atoms with Crippen molar-refractivity contribution in [2.45, 2.75) is 24.6 Å². The predicted molar refractivity (Wildman–Crippen MR) is 76.9 cm³/mol. The molecule has 0 saturated heterocycles. The molecule has 7 heteroatoms. The summed E-state index contributed by atoms with van der Waals surface area (Å²) in [5.74, 6) is -0.573. The van der Waals surface area contributed by atoms with Gasteiger partial charge in [-0.15, -0.1) is 11.6 Å². The zero-order valence-corrected chi connectivity index (χ0v) is 13.2. The van der Waals surface area contributed by atoms with Gasteiger partial charge in [0.2, 0.25) is 10.0 Å². The molecule has 0 radical (unpaired) electrons. The van der Waals surface area contributed by atoms with Crippen molar-refractivity contribution in [2.75, 3.05) is 26.3 Å². The van der Waals surface area contributed by atoms with Crippen LogP contribution in [0.1, 0.15) is 19.4 Å². The van der Waals surface area contributed by atoms with Crippen LogP contribution in [-0.2, 0) is 20.6 Å². The molecule has 0 aliphatic carbocycles. The Morgan fingerprint density at radius 3 is 2.60 bits per heavy atom. The topological polar surface area (TPSA) is 46.6 Å². The van der Waals surface area contributed by atoms with E-state index in [1.165, 1.54) is 16.4 Å². The summed E-state index contributed by atoms with van der Waals surface area (Å²) in [5.41, 5.74) is 0.175. The Kier molecular flexibility index (Phi) is 6.88. The Hall–Kier alpha value is -0.690. The molecule has 0 N–H and O–H groups in total. The van der Waals surface area contributed by atoms with Crippen molar-refractivity contribution in [3.63, 3.8) is 0 Å². The molecular weight excluding hydrogens is 305 g/mol. The minimum absolute atomic E-state index is 0.0490. The highest BCUT2D eigenvalue weighted by atomic mass is 35.5. The average molecular weight is 324 g/mol. The van der Waals surface area contributed by atoms with Crippen LogP contribution in [0.2, 0.25) is 0 Å². The van der Waals surface area contributed by atoms with Gasteiger partial charge in [0, 0.05) is 25.3 Å². The van der Waals surface area contributed by atoms with Crippen molar-refractivity contribution in [1.82, 2.24) is 4.31 Å². The van der Waals surface area contributed by atoms with Crippen molar-refractivity contribution in [2.24, 2.45) is 0 Å². The fraction of sp³-hybridized carbons (Fsp3) is 0.538. The summed E-state index contributed by atoms with van der Waals surface area (Å²) in [6.07, 6.45) is 0. The molecule has 0 fully saturated rings. The molecule has 0 heterocycles. The number of rotatable bonds is 8. The van der Waals surface area contributed by atoms with E-state index in [1.807, 2.05) is 6.92 Å². The van der Waals surface area contributed by atoms with Crippen molar-refractivity contribution in [3.05, 3.63) is 29.6 Å². The maximum Gasteiger partial charge on any atom is 0.243 e. The maximum absolute atomic E-state index is 13.4. The lowest BCUT2D eigenvalue weighted by Gasteiger charge is -2.20. The second kappa shape index (κ2) is 7.93. The summed E-state index contributed by atoms with van der Waals surface area (Å²) in [6.45, 7) is 5.04. The van der Waals surface area contributed by atoms with Crippen LogP contribution in [0.25, 0.3) is 0 Å². The van der Waals surface area contributed by atoms with Crippen LogP contribution < -0.4 is 0 Å². The molecule has 0 spiro atoms. The van der Waals surface area contributed by atoms with Crippen LogP contribution in [0.5, 0.6) is 0 Å². The molecule has 0 aliphatic heterocycles. The first-order valence-corrected chi connectivity index (χ1v) is 8.37. The molecule has 1 rings (SSSR count). The minimum atomic E-state index is -3.65. The molecule has 0 aromatic heterocycles. The number of sulfonamides is 1. The first-order valence-electron chi connectivity index (χ1n) is 6.39. The van der Waals surface area contributed by atoms with E-state index in [9.17, 15) is 12.8 Å². The van der Waals surface area contributed by atoms with Crippen LogP contribution in [-0.4, -0.2) is 39.0 Å². The van der Waals surface area contributed by atoms with Crippen LogP contribution in [0.15, 0.2) is 23.1 Å². The Labute approximate surface area is 124 Å². The zero-order chi connectivity index (χ0) is 15.2. The van der Waals surface area contributed by atoms with Gasteiger partial charge in [0.05, 0.1) is 17.4 Å². The minimum Gasteiger partial charge on any atom is -0.380 e. The van der Waals surface area contributed by atoms with E-state index in [0.717, 1.165) is 6.07 Å². The summed E-state index contributed by atoms with van der Waals surface area (Å²) in [5, 5.41) is 0. The highest BCUT2D eigenvalue weighted by Crippen LogP contribution is 2.20. The number of hydrogen-bond donors (Lipinski definition) is 0. The number of likely N-dealkylation sites (N-methyl/N-ethyl adjacent to an activating group) is 1. The largest absolute Gasteiger partial charge is 0.380 e. The fourth-order valence-corrected chi connectivity index (χ4v) is 3.41. The van der Waals surface area contributed by atoms with Crippen LogP contribution in [0.4, 0.5) is 4.39 Å². The summed E-state index contributed by atoms with van der Waals surface area (Å²) in [7, 11) is -3.65. The van der Waals surface area contributed by atoms with Gasteiger partial charge < -0.3 is 4.74 Å². The molecule has 0 atom stereocenters. The van der Waals surface area contributed by atoms with Gasteiger partial charge in [-0.3, -0.25) is 0 Å². The van der Waals surface area contributed by atoms with Gasteiger partial charge in [0.1, 0.15) is 5.82 Å². The van der Waals surface area contributed by atoms with Gasteiger partial charge in [-0.05, 0) is 25.1 Å². The quantitative estimate of drug-likeness (QED) is 0.546. The molecular formula is C13H19ClFNO3S.